The Kier molecular flexibility index (Phi) is 9.37. The minimum Gasteiger partial charge on any atom is -0.352 e. The summed E-state index contributed by atoms with van der Waals surface area (Å²) in [6.45, 7) is 7.68. The zero-order chi connectivity index (χ0) is 38.9. The monoisotopic (exact) mass is 787 g/mol. The molecular formula is C36H51F6NO11. The number of amides is 1. The average Bonchev–Trinajstić information content (AvgIpc) is 3.46. The number of carbonyl (C=O) groups excluding carboxylic acids is 1. The quantitative estimate of drug-likeness (QED) is 0.175. The van der Waals surface area contributed by atoms with Gasteiger partial charge in [-0.25, -0.2) is 19.6 Å². The first-order chi connectivity index (χ1) is 25.2. The molecular weight excluding hydrogens is 736 g/mol. The van der Waals surface area contributed by atoms with E-state index in [1.165, 1.54) is 13.8 Å². The maximum atomic E-state index is 15.2. The van der Waals surface area contributed by atoms with Crippen LogP contribution in [0.25, 0.3) is 0 Å². The van der Waals surface area contributed by atoms with Crippen LogP contribution in [0, 0.1) is 47.3 Å². The number of rotatable bonds is 7. The summed E-state index contributed by atoms with van der Waals surface area (Å²) in [4.78, 5) is 36.4. The molecule has 1 N–H and O–H groups in total. The third kappa shape index (κ3) is 5.50. The van der Waals surface area contributed by atoms with E-state index in [1.54, 1.807) is 13.8 Å². The average molecular weight is 788 g/mol. The van der Waals surface area contributed by atoms with Crippen LogP contribution in [-0.2, 0) is 52.8 Å². The Labute approximate surface area is 309 Å². The van der Waals surface area contributed by atoms with Crippen LogP contribution in [0.2, 0.25) is 0 Å². The van der Waals surface area contributed by atoms with Gasteiger partial charge in [-0.05, 0) is 76.0 Å². The first-order valence-corrected chi connectivity index (χ1v) is 19.3. The Hall–Kier alpha value is -1.35. The highest BCUT2D eigenvalue weighted by Gasteiger charge is 2.79. The van der Waals surface area contributed by atoms with Crippen molar-refractivity contribution >= 4 is 5.91 Å². The lowest BCUT2D eigenvalue weighted by Crippen LogP contribution is -2.76. The lowest BCUT2D eigenvalue weighted by Gasteiger charge is -2.62. The van der Waals surface area contributed by atoms with E-state index in [4.69, 9.17) is 48.0 Å². The van der Waals surface area contributed by atoms with Crippen LogP contribution in [0.1, 0.15) is 92.9 Å². The van der Waals surface area contributed by atoms with Crippen molar-refractivity contribution in [2.24, 2.45) is 47.3 Å². The molecule has 0 aromatic rings. The Bertz CT molecular complexity index is 1470. The number of ether oxygens (including phenoxy) is 6. The van der Waals surface area contributed by atoms with Gasteiger partial charge in [0.25, 0.3) is 11.6 Å². The van der Waals surface area contributed by atoms with Crippen molar-refractivity contribution in [3.8, 4) is 0 Å². The fourth-order valence-electron chi connectivity index (χ4n) is 11.6. The van der Waals surface area contributed by atoms with E-state index in [1.807, 2.05) is 13.8 Å². The van der Waals surface area contributed by atoms with Crippen LogP contribution in [0.5, 0.6) is 0 Å². The Morgan fingerprint density at radius 2 is 1.07 bits per heavy atom. The molecule has 308 valence electrons. The summed E-state index contributed by atoms with van der Waals surface area (Å²) in [6.07, 6.45) is -9.09. The molecule has 8 aliphatic heterocycles. The smallest absolute Gasteiger partial charge is 0.352 e. The van der Waals surface area contributed by atoms with Gasteiger partial charge >= 0.3 is 12.4 Å². The highest BCUT2D eigenvalue weighted by Crippen LogP contribution is 2.66. The highest BCUT2D eigenvalue weighted by atomic mass is 19.4. The minimum absolute atomic E-state index is 0.0998. The lowest BCUT2D eigenvalue weighted by atomic mass is 9.57. The number of hydrogen-bond donors (Lipinski definition) is 1. The minimum atomic E-state index is -5.11. The van der Waals surface area contributed by atoms with Gasteiger partial charge < -0.3 is 33.7 Å². The zero-order valence-corrected chi connectivity index (χ0v) is 31.3. The lowest BCUT2D eigenvalue weighted by molar-refractivity contribution is -0.598. The van der Waals surface area contributed by atoms with Crippen molar-refractivity contribution in [3.63, 3.8) is 0 Å². The van der Waals surface area contributed by atoms with Crippen molar-refractivity contribution in [3.05, 3.63) is 0 Å². The van der Waals surface area contributed by atoms with Crippen LogP contribution in [0.4, 0.5) is 26.3 Å². The predicted molar refractivity (Wildman–Crippen MR) is 169 cm³/mol. The summed E-state index contributed by atoms with van der Waals surface area (Å²) in [7, 11) is 0. The zero-order valence-electron chi connectivity index (χ0n) is 31.3. The molecule has 2 aliphatic carbocycles. The van der Waals surface area contributed by atoms with Gasteiger partial charge in [0, 0.05) is 43.1 Å². The molecule has 10 aliphatic rings. The summed E-state index contributed by atoms with van der Waals surface area (Å²) in [5.41, 5.74) is -2.59. The van der Waals surface area contributed by atoms with Gasteiger partial charge in [-0.3, -0.25) is 4.79 Å². The maximum absolute atomic E-state index is 15.2. The number of fused-ring (bicyclic) bond motifs is 4. The van der Waals surface area contributed by atoms with Crippen molar-refractivity contribution in [1.82, 2.24) is 5.32 Å². The number of nitrogens with one attached hydrogen (secondary N) is 1. The van der Waals surface area contributed by atoms with E-state index in [-0.39, 0.29) is 23.7 Å². The van der Waals surface area contributed by atoms with E-state index in [0.717, 1.165) is 0 Å². The molecule has 18 heteroatoms. The van der Waals surface area contributed by atoms with E-state index in [2.05, 4.69) is 5.32 Å². The number of halogens is 6. The van der Waals surface area contributed by atoms with Gasteiger partial charge in [-0.15, -0.1) is 0 Å². The topological polar surface area (TPSA) is 121 Å². The fourth-order valence-corrected chi connectivity index (χ4v) is 11.6. The molecule has 0 aromatic heterocycles. The first-order valence-electron chi connectivity index (χ1n) is 19.3. The van der Waals surface area contributed by atoms with Crippen LogP contribution < -0.4 is 5.32 Å². The molecule has 4 bridgehead atoms. The molecule has 1 amide bonds. The highest BCUT2D eigenvalue weighted by molar-refractivity contribution is 5.77. The van der Waals surface area contributed by atoms with Crippen molar-refractivity contribution < 1.29 is 79.1 Å². The number of alkyl halides is 6. The molecule has 0 aromatic carbocycles. The summed E-state index contributed by atoms with van der Waals surface area (Å²) in [6, 6.07) is 0. The summed E-state index contributed by atoms with van der Waals surface area (Å²) in [5.74, 6) is -14.4. The van der Waals surface area contributed by atoms with E-state index in [0.29, 0.717) is 51.4 Å². The van der Waals surface area contributed by atoms with Gasteiger partial charge in [0.05, 0.1) is 6.61 Å². The van der Waals surface area contributed by atoms with Gasteiger partial charge in [0.1, 0.15) is 6.61 Å². The summed E-state index contributed by atoms with van der Waals surface area (Å²) >= 11 is 0. The van der Waals surface area contributed by atoms with Gasteiger partial charge in [-0.2, -0.15) is 26.3 Å². The maximum Gasteiger partial charge on any atom is 0.443 e. The van der Waals surface area contributed by atoms with Crippen LogP contribution in [-0.4, -0.2) is 84.9 Å². The Morgan fingerprint density at radius 1 is 0.630 bits per heavy atom. The second kappa shape index (κ2) is 12.8. The molecule has 8 saturated heterocycles. The van der Waals surface area contributed by atoms with Gasteiger partial charge in [0.15, 0.2) is 23.8 Å². The normalized spacial score (nSPS) is 52.5. The Balaban J connectivity index is 0.959. The Morgan fingerprint density at radius 3 is 1.52 bits per heavy atom. The second-order valence-corrected chi connectivity index (χ2v) is 17.5. The number of carbonyl (C=O) groups is 1. The summed E-state index contributed by atoms with van der Waals surface area (Å²) < 4.78 is 126. The van der Waals surface area contributed by atoms with E-state index < -0.39 is 109 Å². The van der Waals surface area contributed by atoms with Crippen LogP contribution >= 0.6 is 0 Å². The number of hydrogen-bond acceptors (Lipinski definition) is 11. The van der Waals surface area contributed by atoms with E-state index in [9.17, 15) is 4.79 Å². The molecule has 2 spiro atoms. The largest absolute Gasteiger partial charge is 0.443 e. The molecule has 0 unspecified atom stereocenters. The SMILES string of the molecule is C[C@@H]1CC[C@H]2[C@@H](C)[C@](OCCNC(=O)CO[C@@]3(C(F)(F)F)O[C@@H]4O[C@]5(C)CC[C@H]6[C@H](C)CC[C@@H]([C@H]3C)[C@@]46OO5)(C(F)(F)F)O[C@@H]3O[C@]4(C)CC[C@@H]1[C@]32OO4. The van der Waals surface area contributed by atoms with Crippen molar-refractivity contribution in [2.45, 2.75) is 152 Å². The van der Waals surface area contributed by atoms with E-state index >= 15 is 26.3 Å². The molecule has 10 rings (SSSR count). The van der Waals surface area contributed by atoms with Crippen LogP contribution in [0.3, 0.4) is 0 Å². The van der Waals surface area contributed by atoms with Gasteiger partial charge in [-0.1, -0.05) is 27.7 Å². The molecule has 2 saturated carbocycles. The van der Waals surface area contributed by atoms with Gasteiger partial charge in [0.2, 0.25) is 17.5 Å². The fraction of sp³-hybridized carbons (Fsp3) is 0.972. The molecule has 12 nitrogen and oxygen atoms in total. The first kappa shape index (κ1) is 39.5. The predicted octanol–water partition coefficient (Wildman–Crippen LogP) is 6.42. The molecule has 10 fully saturated rings. The molecule has 0 radical (unpaired) electrons. The molecule has 16 atom stereocenters. The van der Waals surface area contributed by atoms with Crippen LogP contribution in [0.15, 0.2) is 0 Å². The molecule has 54 heavy (non-hydrogen) atoms. The standard InChI is InChI=1S/C36H51F6NO11/c1-18-7-9-24-20(3)33(35(37,38)39,49-27-31(24)22(18)11-13-29(5,47-27)51-53-31)45-16-15-43-26(44)17-46-34(36(40,41)42)21(4)25-10-8-19(2)23-12-14-30(6)48-28(50-34)32(23,25)54-52-30/h18-25,27-28H,7-17H2,1-6H3,(H,43,44)/t18-,19-,20-,21-,22+,23+,24+,25+,27+,28+,29+,30+,31-,32-,33-,34-/m1/s1. The van der Waals surface area contributed by atoms with Crippen molar-refractivity contribution in [2.75, 3.05) is 19.8 Å². The second-order valence-electron chi connectivity index (χ2n) is 17.5. The van der Waals surface area contributed by atoms with Crippen molar-refractivity contribution in [1.29, 1.82) is 0 Å². The third-order valence-electron chi connectivity index (χ3n) is 14.5. The molecule has 8 heterocycles. The summed E-state index contributed by atoms with van der Waals surface area (Å²) in [5, 5.41) is 2.34. The third-order valence-corrected chi connectivity index (χ3v) is 14.5.